The van der Waals surface area contributed by atoms with Crippen molar-refractivity contribution in [3.05, 3.63) is 34.1 Å². The molecule has 1 aromatic rings. The number of ether oxygens (including phenoxy) is 1. The topological polar surface area (TPSA) is 64.4 Å². The van der Waals surface area contributed by atoms with Gasteiger partial charge in [-0.15, -0.1) is 0 Å². The van der Waals surface area contributed by atoms with Crippen LogP contribution in [0.15, 0.2) is 18.2 Å². The number of nitrogens with zero attached hydrogens (tertiary/aromatic N) is 1. The van der Waals surface area contributed by atoms with Crippen LogP contribution in [0.25, 0.3) is 0 Å². The van der Waals surface area contributed by atoms with Crippen LogP contribution in [0.3, 0.4) is 0 Å². The molecule has 0 bridgehead atoms. The van der Waals surface area contributed by atoms with Crippen LogP contribution in [0.2, 0.25) is 0 Å². The van der Waals surface area contributed by atoms with E-state index in [1.54, 1.807) is 7.11 Å². The van der Waals surface area contributed by atoms with Crippen molar-refractivity contribution in [3.63, 3.8) is 0 Å². The summed E-state index contributed by atoms with van der Waals surface area (Å²) in [6.07, 6.45) is 3.87. The molecule has 0 unspecified atom stereocenters. The van der Waals surface area contributed by atoms with Crippen molar-refractivity contribution in [1.29, 1.82) is 0 Å². The van der Waals surface area contributed by atoms with Crippen LogP contribution in [0.5, 0.6) is 0 Å². The number of non-ortho nitro benzene ring substituents is 1. The summed E-state index contributed by atoms with van der Waals surface area (Å²) in [7, 11) is 1.69. The fourth-order valence-corrected chi connectivity index (χ4v) is 2.40. The van der Waals surface area contributed by atoms with Gasteiger partial charge in [0.1, 0.15) is 5.82 Å². The molecular formula is C13H17FN2O3. The summed E-state index contributed by atoms with van der Waals surface area (Å²) >= 11 is 0. The summed E-state index contributed by atoms with van der Waals surface area (Å²) in [6.45, 7) is 0. The Hall–Kier alpha value is -1.69. The molecule has 5 nitrogen and oxygen atoms in total. The number of benzene rings is 1. The van der Waals surface area contributed by atoms with Crippen LogP contribution < -0.4 is 5.32 Å². The fourth-order valence-electron chi connectivity index (χ4n) is 2.40. The van der Waals surface area contributed by atoms with E-state index in [4.69, 9.17) is 4.74 Å². The van der Waals surface area contributed by atoms with Gasteiger partial charge in [0.05, 0.1) is 16.7 Å². The highest BCUT2D eigenvalue weighted by Crippen LogP contribution is 2.27. The summed E-state index contributed by atoms with van der Waals surface area (Å²) in [4.78, 5) is 10.2. The largest absolute Gasteiger partial charge is 0.381 e. The molecular weight excluding hydrogens is 251 g/mol. The number of methoxy groups -OCH3 is 1. The monoisotopic (exact) mass is 268 g/mol. The van der Waals surface area contributed by atoms with Crippen molar-refractivity contribution in [1.82, 2.24) is 0 Å². The first-order chi connectivity index (χ1) is 9.10. The fraction of sp³-hybridized carbons (Fsp3) is 0.538. The highest BCUT2D eigenvalue weighted by Gasteiger charge is 2.22. The average Bonchev–Trinajstić information content (AvgIpc) is 2.42. The van der Waals surface area contributed by atoms with Crippen LogP contribution in [0.4, 0.5) is 15.8 Å². The standard InChI is InChI=1S/C13H17FN2O3/c1-19-11-5-2-9(3-6-11)15-13-8-10(16(17)18)4-7-12(13)14/h4,7-9,11,15H,2-3,5-6H2,1H3. The molecule has 0 spiro atoms. The molecule has 0 amide bonds. The van der Waals surface area contributed by atoms with E-state index in [1.165, 1.54) is 12.1 Å². The van der Waals surface area contributed by atoms with E-state index in [0.717, 1.165) is 31.7 Å². The molecule has 0 aromatic heterocycles. The van der Waals surface area contributed by atoms with Crippen LogP contribution in [-0.2, 0) is 4.74 Å². The van der Waals surface area contributed by atoms with Gasteiger partial charge in [-0.3, -0.25) is 10.1 Å². The zero-order valence-electron chi connectivity index (χ0n) is 10.8. The molecule has 2 rings (SSSR count). The van der Waals surface area contributed by atoms with E-state index in [2.05, 4.69) is 5.32 Å². The smallest absolute Gasteiger partial charge is 0.271 e. The second kappa shape index (κ2) is 5.97. The number of nitro benzene ring substituents is 1. The molecule has 0 saturated heterocycles. The van der Waals surface area contributed by atoms with Crippen LogP contribution in [0, 0.1) is 15.9 Å². The molecule has 6 heteroatoms. The van der Waals surface area contributed by atoms with Crippen molar-refractivity contribution < 1.29 is 14.1 Å². The second-order valence-electron chi connectivity index (χ2n) is 4.77. The van der Waals surface area contributed by atoms with Gasteiger partial charge in [0.25, 0.3) is 5.69 Å². The van der Waals surface area contributed by atoms with E-state index in [9.17, 15) is 14.5 Å². The predicted octanol–water partition coefficient (Wildman–Crippen LogP) is 3.10. The Morgan fingerprint density at radius 1 is 1.37 bits per heavy atom. The molecule has 0 radical (unpaired) electrons. The minimum atomic E-state index is -0.521. The Morgan fingerprint density at radius 3 is 2.63 bits per heavy atom. The summed E-state index contributed by atoms with van der Waals surface area (Å²) < 4.78 is 18.9. The Balaban J connectivity index is 2.03. The van der Waals surface area contributed by atoms with Crippen molar-refractivity contribution in [2.24, 2.45) is 0 Å². The first-order valence-electron chi connectivity index (χ1n) is 6.33. The Labute approximate surface area is 110 Å². The van der Waals surface area contributed by atoms with Crippen molar-refractivity contribution in [3.8, 4) is 0 Å². The Morgan fingerprint density at radius 2 is 2.05 bits per heavy atom. The molecule has 1 aliphatic carbocycles. The number of nitro groups is 1. The molecule has 1 fully saturated rings. The van der Waals surface area contributed by atoms with Gasteiger partial charge >= 0.3 is 0 Å². The lowest BCUT2D eigenvalue weighted by Crippen LogP contribution is -2.29. The zero-order valence-corrected chi connectivity index (χ0v) is 10.8. The lowest BCUT2D eigenvalue weighted by molar-refractivity contribution is -0.384. The van der Waals surface area contributed by atoms with Gasteiger partial charge in [-0.1, -0.05) is 0 Å². The first kappa shape index (κ1) is 13.7. The minimum absolute atomic E-state index is 0.102. The molecule has 0 atom stereocenters. The minimum Gasteiger partial charge on any atom is -0.381 e. The van der Waals surface area contributed by atoms with Crippen LogP contribution in [0.1, 0.15) is 25.7 Å². The van der Waals surface area contributed by atoms with Gasteiger partial charge in [0, 0.05) is 25.3 Å². The maximum atomic E-state index is 13.6. The Bertz CT molecular complexity index is 459. The summed E-state index contributed by atoms with van der Waals surface area (Å²) in [5.41, 5.74) is 0.101. The number of hydrogen-bond donors (Lipinski definition) is 1. The van der Waals surface area contributed by atoms with Gasteiger partial charge in [-0.25, -0.2) is 4.39 Å². The van der Waals surface area contributed by atoms with E-state index in [1.807, 2.05) is 0 Å². The highest BCUT2D eigenvalue weighted by atomic mass is 19.1. The Kier molecular flexibility index (Phi) is 4.31. The van der Waals surface area contributed by atoms with E-state index < -0.39 is 10.7 Å². The van der Waals surface area contributed by atoms with Crippen molar-refractivity contribution >= 4 is 11.4 Å². The van der Waals surface area contributed by atoms with Gasteiger partial charge in [-0.05, 0) is 31.7 Å². The highest BCUT2D eigenvalue weighted by molar-refractivity contribution is 5.52. The van der Waals surface area contributed by atoms with Gasteiger partial charge in [-0.2, -0.15) is 0 Å². The van der Waals surface area contributed by atoms with Gasteiger partial charge < -0.3 is 10.1 Å². The van der Waals surface area contributed by atoms with Crippen LogP contribution >= 0.6 is 0 Å². The predicted molar refractivity (Wildman–Crippen MR) is 69.7 cm³/mol. The first-order valence-corrected chi connectivity index (χ1v) is 6.33. The normalized spacial score (nSPS) is 23.1. The lowest BCUT2D eigenvalue weighted by atomic mass is 9.93. The zero-order chi connectivity index (χ0) is 13.8. The molecule has 0 aliphatic heterocycles. The number of anilines is 1. The maximum Gasteiger partial charge on any atom is 0.271 e. The number of rotatable bonds is 4. The lowest BCUT2D eigenvalue weighted by Gasteiger charge is -2.28. The number of hydrogen-bond acceptors (Lipinski definition) is 4. The molecule has 0 heterocycles. The quantitative estimate of drug-likeness (QED) is 0.673. The summed E-state index contributed by atoms with van der Waals surface area (Å²) in [5.74, 6) is -0.459. The third-order valence-electron chi connectivity index (χ3n) is 3.53. The van der Waals surface area contributed by atoms with Crippen molar-refractivity contribution in [2.75, 3.05) is 12.4 Å². The second-order valence-corrected chi connectivity index (χ2v) is 4.77. The van der Waals surface area contributed by atoms with Crippen molar-refractivity contribution in [2.45, 2.75) is 37.8 Å². The van der Waals surface area contributed by atoms with E-state index >= 15 is 0 Å². The molecule has 1 saturated carbocycles. The number of nitrogens with one attached hydrogen (secondary N) is 1. The van der Waals surface area contributed by atoms with Crippen LogP contribution in [-0.4, -0.2) is 24.2 Å². The van der Waals surface area contributed by atoms with E-state index in [-0.39, 0.29) is 23.5 Å². The summed E-state index contributed by atoms with van der Waals surface area (Å²) in [5, 5.41) is 13.7. The molecule has 19 heavy (non-hydrogen) atoms. The maximum absolute atomic E-state index is 13.6. The molecule has 1 aromatic carbocycles. The third kappa shape index (κ3) is 3.41. The van der Waals surface area contributed by atoms with Gasteiger partial charge in [0.15, 0.2) is 0 Å². The third-order valence-corrected chi connectivity index (χ3v) is 3.53. The molecule has 1 aliphatic rings. The molecule has 1 N–H and O–H groups in total. The summed E-state index contributed by atoms with van der Waals surface area (Å²) in [6, 6.07) is 3.68. The molecule has 104 valence electrons. The number of halogens is 1. The SMILES string of the molecule is COC1CCC(Nc2cc([N+](=O)[O-])ccc2F)CC1. The average molecular weight is 268 g/mol. The van der Waals surface area contributed by atoms with Gasteiger partial charge in [0.2, 0.25) is 0 Å². The van der Waals surface area contributed by atoms with E-state index in [0.29, 0.717) is 0 Å².